The summed E-state index contributed by atoms with van der Waals surface area (Å²) in [5.41, 5.74) is 1.45. The zero-order valence-corrected chi connectivity index (χ0v) is 11.2. The van der Waals surface area contributed by atoms with Gasteiger partial charge in [-0.25, -0.2) is 0 Å². The van der Waals surface area contributed by atoms with E-state index in [1.807, 2.05) is 30.3 Å². The van der Waals surface area contributed by atoms with Gasteiger partial charge in [0, 0.05) is 12.5 Å². The van der Waals surface area contributed by atoms with Gasteiger partial charge >= 0.3 is 0 Å². The van der Waals surface area contributed by atoms with Crippen LogP contribution in [-0.4, -0.2) is 38.3 Å². The van der Waals surface area contributed by atoms with E-state index in [1.165, 1.54) is 4.80 Å². The summed E-state index contributed by atoms with van der Waals surface area (Å²) < 4.78 is 10.6. The molecular weight excluding hydrogens is 270 g/mol. The van der Waals surface area contributed by atoms with Crippen molar-refractivity contribution in [3.05, 3.63) is 42.4 Å². The molecule has 0 amide bonds. The van der Waals surface area contributed by atoms with Gasteiger partial charge in [-0.3, -0.25) is 0 Å². The van der Waals surface area contributed by atoms with E-state index in [9.17, 15) is 0 Å². The van der Waals surface area contributed by atoms with Crippen LogP contribution < -0.4 is 0 Å². The van der Waals surface area contributed by atoms with Crippen molar-refractivity contribution in [2.45, 2.75) is 12.3 Å². The minimum absolute atomic E-state index is 0.215. The van der Waals surface area contributed by atoms with E-state index in [-0.39, 0.29) is 5.92 Å². The molecule has 1 aliphatic rings. The van der Waals surface area contributed by atoms with Crippen LogP contribution in [0.25, 0.3) is 17.3 Å². The van der Waals surface area contributed by atoms with Crippen LogP contribution in [0.1, 0.15) is 18.2 Å². The maximum absolute atomic E-state index is 5.33. The number of benzene rings is 1. The van der Waals surface area contributed by atoms with Crippen LogP contribution in [-0.2, 0) is 4.74 Å². The van der Waals surface area contributed by atoms with Crippen molar-refractivity contribution in [3.8, 4) is 17.3 Å². The second-order valence-corrected chi connectivity index (χ2v) is 4.87. The summed E-state index contributed by atoms with van der Waals surface area (Å²) in [6.45, 7) is 1.40. The number of nitrogens with zero attached hydrogens (tertiary/aromatic N) is 5. The Kier molecular flexibility index (Phi) is 2.97. The van der Waals surface area contributed by atoms with E-state index in [0.717, 1.165) is 18.7 Å². The van der Waals surface area contributed by atoms with Gasteiger partial charge in [0.1, 0.15) is 0 Å². The number of para-hydroxylation sites is 1. The van der Waals surface area contributed by atoms with Crippen LogP contribution in [0.15, 0.2) is 41.1 Å². The Bertz CT molecular complexity index is 731. The summed E-state index contributed by atoms with van der Waals surface area (Å²) in [6, 6.07) is 9.67. The second kappa shape index (κ2) is 5.10. The minimum Gasteiger partial charge on any atom is -0.381 e. The number of aromatic nitrogens is 5. The van der Waals surface area contributed by atoms with Gasteiger partial charge in [0.15, 0.2) is 11.5 Å². The fourth-order valence-corrected chi connectivity index (χ4v) is 2.29. The highest BCUT2D eigenvalue weighted by Gasteiger charge is 2.24. The Hall–Kier alpha value is -2.54. The zero-order valence-electron chi connectivity index (χ0n) is 11.2. The molecule has 0 N–H and O–H groups in total. The summed E-state index contributed by atoms with van der Waals surface area (Å²) in [4.78, 5) is 5.94. The summed E-state index contributed by atoms with van der Waals surface area (Å²) in [6.07, 6.45) is 2.55. The van der Waals surface area contributed by atoms with Crippen molar-refractivity contribution in [2.75, 3.05) is 13.2 Å². The van der Waals surface area contributed by atoms with Crippen LogP contribution in [0.3, 0.4) is 0 Å². The van der Waals surface area contributed by atoms with E-state index in [0.29, 0.717) is 24.0 Å². The molecule has 106 valence electrons. The number of ether oxygens (including phenoxy) is 1. The molecule has 1 fully saturated rings. The molecule has 7 heteroatoms. The maximum Gasteiger partial charge on any atom is 0.280 e. The molecule has 21 heavy (non-hydrogen) atoms. The highest BCUT2D eigenvalue weighted by atomic mass is 16.5. The maximum atomic E-state index is 5.33. The van der Waals surface area contributed by atoms with Crippen LogP contribution in [0, 0.1) is 0 Å². The Balaban J connectivity index is 1.61. The van der Waals surface area contributed by atoms with E-state index in [4.69, 9.17) is 9.26 Å². The third kappa shape index (κ3) is 2.31. The Morgan fingerprint density at radius 3 is 2.90 bits per heavy atom. The van der Waals surface area contributed by atoms with Gasteiger partial charge < -0.3 is 9.26 Å². The van der Waals surface area contributed by atoms with Gasteiger partial charge in [0.25, 0.3) is 5.89 Å². The van der Waals surface area contributed by atoms with Crippen LogP contribution >= 0.6 is 0 Å². The molecule has 0 radical (unpaired) electrons. The van der Waals surface area contributed by atoms with Crippen molar-refractivity contribution in [3.63, 3.8) is 0 Å². The summed E-state index contributed by atoms with van der Waals surface area (Å²) in [7, 11) is 0. The van der Waals surface area contributed by atoms with E-state index < -0.39 is 0 Å². The molecule has 4 rings (SSSR count). The Labute approximate surface area is 120 Å². The molecule has 1 atom stereocenters. The summed E-state index contributed by atoms with van der Waals surface area (Å²) >= 11 is 0. The molecule has 0 spiro atoms. The number of hydrogen-bond acceptors (Lipinski definition) is 6. The quantitative estimate of drug-likeness (QED) is 0.729. The van der Waals surface area contributed by atoms with Crippen LogP contribution in [0.2, 0.25) is 0 Å². The minimum atomic E-state index is 0.215. The fourth-order valence-electron chi connectivity index (χ4n) is 2.29. The van der Waals surface area contributed by atoms with Crippen molar-refractivity contribution in [1.29, 1.82) is 0 Å². The SMILES string of the molecule is c1ccc(-n2ncc(-c3nc(C4CCOC4)no3)n2)cc1. The number of rotatable bonds is 3. The Morgan fingerprint density at radius 2 is 2.10 bits per heavy atom. The molecule has 0 saturated carbocycles. The van der Waals surface area contributed by atoms with Crippen molar-refractivity contribution in [2.24, 2.45) is 0 Å². The third-order valence-electron chi connectivity index (χ3n) is 3.43. The predicted molar refractivity (Wildman–Crippen MR) is 72.8 cm³/mol. The van der Waals surface area contributed by atoms with Crippen molar-refractivity contribution >= 4 is 0 Å². The lowest BCUT2D eigenvalue weighted by atomic mass is 10.1. The lowest BCUT2D eigenvalue weighted by Crippen LogP contribution is -2.00. The van der Waals surface area contributed by atoms with Gasteiger partial charge in [-0.15, -0.1) is 5.10 Å². The Morgan fingerprint density at radius 1 is 1.19 bits per heavy atom. The zero-order chi connectivity index (χ0) is 14.1. The molecule has 0 aliphatic carbocycles. The summed E-state index contributed by atoms with van der Waals surface area (Å²) in [5.74, 6) is 1.28. The predicted octanol–water partition coefficient (Wildman–Crippen LogP) is 1.82. The first kappa shape index (κ1) is 12.2. The fraction of sp³-hybridized carbons (Fsp3) is 0.286. The largest absolute Gasteiger partial charge is 0.381 e. The second-order valence-electron chi connectivity index (χ2n) is 4.87. The molecule has 1 aromatic carbocycles. The first-order valence-corrected chi connectivity index (χ1v) is 6.79. The smallest absolute Gasteiger partial charge is 0.280 e. The van der Waals surface area contributed by atoms with Gasteiger partial charge in [-0.2, -0.15) is 14.9 Å². The monoisotopic (exact) mass is 283 g/mol. The average molecular weight is 283 g/mol. The molecule has 2 aromatic heterocycles. The van der Waals surface area contributed by atoms with Crippen LogP contribution in [0.4, 0.5) is 0 Å². The average Bonchev–Trinajstić information content (AvgIpc) is 3.27. The van der Waals surface area contributed by atoms with E-state index >= 15 is 0 Å². The van der Waals surface area contributed by atoms with Crippen LogP contribution in [0.5, 0.6) is 0 Å². The first-order chi connectivity index (χ1) is 10.4. The standard InChI is InChI=1S/C14H13N5O2/c1-2-4-11(5-3-1)19-15-8-12(17-19)14-16-13(18-21-14)10-6-7-20-9-10/h1-5,8,10H,6-7,9H2. The molecule has 1 aliphatic heterocycles. The van der Waals surface area contributed by atoms with Crippen molar-refractivity contribution in [1.82, 2.24) is 25.1 Å². The molecule has 3 aromatic rings. The third-order valence-corrected chi connectivity index (χ3v) is 3.43. The highest BCUT2D eigenvalue weighted by Crippen LogP contribution is 2.24. The topological polar surface area (TPSA) is 78.9 Å². The molecule has 7 nitrogen and oxygen atoms in total. The summed E-state index contributed by atoms with van der Waals surface area (Å²) in [5, 5.41) is 12.6. The van der Waals surface area contributed by atoms with Crippen molar-refractivity contribution < 1.29 is 9.26 Å². The molecule has 3 heterocycles. The lowest BCUT2D eigenvalue weighted by Gasteiger charge is -1.97. The van der Waals surface area contributed by atoms with Gasteiger partial charge in [0.2, 0.25) is 0 Å². The molecule has 1 unspecified atom stereocenters. The first-order valence-electron chi connectivity index (χ1n) is 6.79. The van der Waals surface area contributed by atoms with Gasteiger partial charge in [0.05, 0.1) is 18.5 Å². The molecule has 0 bridgehead atoms. The van der Waals surface area contributed by atoms with E-state index in [1.54, 1.807) is 6.20 Å². The highest BCUT2D eigenvalue weighted by molar-refractivity contribution is 5.44. The van der Waals surface area contributed by atoms with Gasteiger partial charge in [-0.05, 0) is 18.6 Å². The molecular formula is C14H13N5O2. The lowest BCUT2D eigenvalue weighted by molar-refractivity contribution is 0.192. The number of hydrogen-bond donors (Lipinski definition) is 0. The normalized spacial score (nSPS) is 18.2. The molecule has 1 saturated heterocycles. The van der Waals surface area contributed by atoms with Gasteiger partial charge in [-0.1, -0.05) is 23.4 Å². The van der Waals surface area contributed by atoms with E-state index in [2.05, 4.69) is 20.3 Å².